The average molecular weight is 194 g/mol. The third-order valence-electron chi connectivity index (χ3n) is 1.84. The Morgan fingerprint density at radius 3 is 2.57 bits per heavy atom. The van der Waals surface area contributed by atoms with E-state index in [4.69, 9.17) is 10.9 Å². The molecule has 0 aromatic heterocycles. The Labute approximate surface area is 82.9 Å². The topological polar surface area (TPSA) is 66.6 Å². The summed E-state index contributed by atoms with van der Waals surface area (Å²) >= 11 is 0. The SMILES string of the molecule is NN(CCCO)C(=O)c1ccccc1. The Kier molecular flexibility index (Phi) is 4.10. The molecule has 4 heteroatoms. The fourth-order valence-corrected chi connectivity index (χ4v) is 1.09. The van der Waals surface area contributed by atoms with E-state index in [0.717, 1.165) is 5.01 Å². The van der Waals surface area contributed by atoms with Gasteiger partial charge in [-0.25, -0.2) is 5.84 Å². The van der Waals surface area contributed by atoms with Gasteiger partial charge in [0, 0.05) is 18.7 Å². The van der Waals surface area contributed by atoms with Crippen LogP contribution in [-0.2, 0) is 0 Å². The van der Waals surface area contributed by atoms with Crippen molar-refractivity contribution in [3.63, 3.8) is 0 Å². The van der Waals surface area contributed by atoms with Gasteiger partial charge in [0.15, 0.2) is 0 Å². The van der Waals surface area contributed by atoms with Crippen molar-refractivity contribution in [1.29, 1.82) is 0 Å². The van der Waals surface area contributed by atoms with Crippen LogP contribution in [0.3, 0.4) is 0 Å². The lowest BCUT2D eigenvalue weighted by molar-refractivity contribution is 0.0745. The van der Waals surface area contributed by atoms with Crippen molar-refractivity contribution in [2.24, 2.45) is 5.84 Å². The van der Waals surface area contributed by atoms with Crippen LogP contribution in [0.15, 0.2) is 30.3 Å². The number of nitrogens with two attached hydrogens (primary N) is 1. The molecule has 0 radical (unpaired) electrons. The summed E-state index contributed by atoms with van der Waals surface area (Å²) in [5.74, 6) is 5.28. The molecule has 0 unspecified atom stereocenters. The molecule has 1 amide bonds. The Balaban J connectivity index is 2.57. The number of aliphatic hydroxyl groups is 1. The first kappa shape index (κ1) is 10.7. The molecule has 3 N–H and O–H groups in total. The third kappa shape index (κ3) is 2.83. The van der Waals surface area contributed by atoms with Crippen molar-refractivity contribution in [2.75, 3.05) is 13.2 Å². The molecule has 0 aliphatic carbocycles. The number of amides is 1. The molecule has 0 saturated carbocycles. The predicted octanol–water partition coefficient (Wildman–Crippen LogP) is 0.385. The van der Waals surface area contributed by atoms with E-state index in [1.54, 1.807) is 24.3 Å². The van der Waals surface area contributed by atoms with E-state index in [2.05, 4.69) is 0 Å². The maximum absolute atomic E-state index is 11.6. The van der Waals surface area contributed by atoms with Crippen LogP contribution in [0.4, 0.5) is 0 Å². The van der Waals surface area contributed by atoms with Gasteiger partial charge >= 0.3 is 0 Å². The van der Waals surface area contributed by atoms with Crippen LogP contribution in [0.25, 0.3) is 0 Å². The minimum Gasteiger partial charge on any atom is -0.396 e. The minimum absolute atomic E-state index is 0.0375. The highest BCUT2D eigenvalue weighted by molar-refractivity contribution is 5.93. The highest BCUT2D eigenvalue weighted by Gasteiger charge is 2.10. The second-order valence-corrected chi connectivity index (χ2v) is 2.94. The van der Waals surface area contributed by atoms with Crippen molar-refractivity contribution in [3.05, 3.63) is 35.9 Å². The lowest BCUT2D eigenvalue weighted by Crippen LogP contribution is -2.38. The Morgan fingerprint density at radius 1 is 1.36 bits per heavy atom. The number of hydrogen-bond donors (Lipinski definition) is 2. The predicted molar refractivity (Wildman–Crippen MR) is 53.4 cm³/mol. The monoisotopic (exact) mass is 194 g/mol. The van der Waals surface area contributed by atoms with E-state index in [1.165, 1.54) is 0 Å². The maximum atomic E-state index is 11.6. The summed E-state index contributed by atoms with van der Waals surface area (Å²) in [5.41, 5.74) is 0.563. The summed E-state index contributed by atoms with van der Waals surface area (Å²) in [6, 6.07) is 8.83. The first-order chi connectivity index (χ1) is 6.75. The fraction of sp³-hybridized carbons (Fsp3) is 0.300. The van der Waals surface area contributed by atoms with Gasteiger partial charge < -0.3 is 5.11 Å². The molecule has 1 aromatic rings. The van der Waals surface area contributed by atoms with Gasteiger partial charge in [-0.3, -0.25) is 9.80 Å². The molecule has 76 valence electrons. The normalized spacial score (nSPS) is 9.86. The van der Waals surface area contributed by atoms with Gasteiger partial charge in [-0.05, 0) is 18.6 Å². The molecule has 0 aliphatic heterocycles. The number of benzene rings is 1. The molecule has 0 heterocycles. The molecule has 0 atom stereocenters. The summed E-state index contributed by atoms with van der Waals surface area (Å²) in [4.78, 5) is 11.6. The molecule has 1 rings (SSSR count). The average Bonchev–Trinajstić information content (AvgIpc) is 2.26. The van der Waals surface area contributed by atoms with Gasteiger partial charge in [0.05, 0.1) is 0 Å². The number of carbonyl (C=O) groups excluding carboxylic acids is 1. The summed E-state index contributed by atoms with van der Waals surface area (Å²) in [7, 11) is 0. The van der Waals surface area contributed by atoms with Crippen molar-refractivity contribution in [1.82, 2.24) is 5.01 Å². The minimum atomic E-state index is -0.223. The first-order valence-electron chi connectivity index (χ1n) is 4.48. The van der Waals surface area contributed by atoms with E-state index >= 15 is 0 Å². The molecule has 14 heavy (non-hydrogen) atoms. The smallest absolute Gasteiger partial charge is 0.267 e. The zero-order chi connectivity index (χ0) is 10.4. The molecular weight excluding hydrogens is 180 g/mol. The lowest BCUT2D eigenvalue weighted by Gasteiger charge is -2.15. The molecular formula is C10H14N2O2. The van der Waals surface area contributed by atoms with Crippen LogP contribution >= 0.6 is 0 Å². The quantitative estimate of drug-likeness (QED) is 0.414. The second kappa shape index (κ2) is 5.36. The van der Waals surface area contributed by atoms with Crippen LogP contribution in [-0.4, -0.2) is 29.2 Å². The van der Waals surface area contributed by atoms with Gasteiger partial charge in [-0.2, -0.15) is 0 Å². The van der Waals surface area contributed by atoms with Crippen LogP contribution in [0.5, 0.6) is 0 Å². The largest absolute Gasteiger partial charge is 0.396 e. The van der Waals surface area contributed by atoms with Gasteiger partial charge in [0.25, 0.3) is 5.91 Å². The number of hydrazine groups is 1. The number of aliphatic hydroxyl groups excluding tert-OH is 1. The zero-order valence-corrected chi connectivity index (χ0v) is 7.89. The number of carbonyl (C=O) groups is 1. The standard InChI is InChI=1S/C10H14N2O2/c11-12(7-4-8-13)10(14)9-5-2-1-3-6-9/h1-3,5-6,13H,4,7-8,11H2. The Hall–Kier alpha value is -1.39. The van der Waals surface area contributed by atoms with Crippen LogP contribution < -0.4 is 5.84 Å². The summed E-state index contributed by atoms with van der Waals surface area (Å²) in [6.07, 6.45) is 0.495. The summed E-state index contributed by atoms with van der Waals surface area (Å²) < 4.78 is 0. The number of hydrogen-bond acceptors (Lipinski definition) is 3. The van der Waals surface area contributed by atoms with Crippen molar-refractivity contribution < 1.29 is 9.90 Å². The highest BCUT2D eigenvalue weighted by Crippen LogP contribution is 2.01. The van der Waals surface area contributed by atoms with E-state index in [1.807, 2.05) is 6.07 Å². The van der Waals surface area contributed by atoms with Crippen LogP contribution in [0.1, 0.15) is 16.8 Å². The number of nitrogens with zero attached hydrogens (tertiary/aromatic N) is 1. The second-order valence-electron chi connectivity index (χ2n) is 2.94. The van der Waals surface area contributed by atoms with Gasteiger partial charge in [-0.1, -0.05) is 18.2 Å². The zero-order valence-electron chi connectivity index (χ0n) is 7.89. The highest BCUT2D eigenvalue weighted by atomic mass is 16.3. The maximum Gasteiger partial charge on any atom is 0.267 e. The van der Waals surface area contributed by atoms with Crippen molar-refractivity contribution in [2.45, 2.75) is 6.42 Å². The summed E-state index contributed by atoms with van der Waals surface area (Å²) in [5, 5.41) is 9.69. The molecule has 0 spiro atoms. The lowest BCUT2D eigenvalue weighted by atomic mass is 10.2. The molecule has 0 fully saturated rings. The number of rotatable bonds is 4. The molecule has 0 saturated heterocycles. The molecule has 1 aromatic carbocycles. The van der Waals surface area contributed by atoms with E-state index in [0.29, 0.717) is 18.5 Å². The molecule has 0 aliphatic rings. The van der Waals surface area contributed by atoms with E-state index in [-0.39, 0.29) is 12.5 Å². The molecule has 4 nitrogen and oxygen atoms in total. The Morgan fingerprint density at radius 2 is 2.00 bits per heavy atom. The Bertz CT molecular complexity index is 287. The molecule has 0 bridgehead atoms. The van der Waals surface area contributed by atoms with Crippen LogP contribution in [0, 0.1) is 0 Å². The van der Waals surface area contributed by atoms with Crippen LogP contribution in [0.2, 0.25) is 0 Å². The van der Waals surface area contributed by atoms with Gasteiger partial charge in [-0.15, -0.1) is 0 Å². The summed E-state index contributed by atoms with van der Waals surface area (Å²) in [6.45, 7) is 0.403. The van der Waals surface area contributed by atoms with Crippen molar-refractivity contribution >= 4 is 5.91 Å². The third-order valence-corrected chi connectivity index (χ3v) is 1.84. The fourth-order valence-electron chi connectivity index (χ4n) is 1.09. The van der Waals surface area contributed by atoms with Crippen molar-refractivity contribution in [3.8, 4) is 0 Å². The van der Waals surface area contributed by atoms with Gasteiger partial charge in [0.2, 0.25) is 0 Å². The van der Waals surface area contributed by atoms with E-state index in [9.17, 15) is 4.79 Å². The van der Waals surface area contributed by atoms with Gasteiger partial charge in [0.1, 0.15) is 0 Å². The first-order valence-corrected chi connectivity index (χ1v) is 4.48. The van der Waals surface area contributed by atoms with E-state index < -0.39 is 0 Å².